The summed E-state index contributed by atoms with van der Waals surface area (Å²) in [6.07, 6.45) is 0. The maximum atomic E-state index is 13.4. The van der Waals surface area contributed by atoms with Gasteiger partial charge in [0.05, 0.1) is 7.11 Å². The number of hydrogen-bond donors (Lipinski definition) is 1. The number of halogens is 2. The minimum Gasteiger partial charge on any atom is -0.495 e. The highest BCUT2D eigenvalue weighted by Gasteiger charge is 2.10. The Morgan fingerprint density at radius 2 is 2.23 bits per heavy atom. The summed E-state index contributed by atoms with van der Waals surface area (Å²) < 4.78 is 18.3. The highest BCUT2D eigenvalue weighted by atomic mass is 35.5. The summed E-state index contributed by atoms with van der Waals surface area (Å²) in [5, 5.41) is 2.89. The fourth-order valence-corrected chi connectivity index (χ4v) is 1.32. The van der Waals surface area contributed by atoms with Crippen LogP contribution in [0.4, 0.5) is 4.39 Å². The van der Waals surface area contributed by atoms with Gasteiger partial charge in [0.2, 0.25) is 0 Å². The fourth-order valence-electron chi connectivity index (χ4n) is 1.06. The van der Waals surface area contributed by atoms with Crippen molar-refractivity contribution in [3.63, 3.8) is 0 Å². The molecule has 0 atom stereocenters. The van der Waals surface area contributed by atoms with E-state index in [0.29, 0.717) is 17.9 Å². The minimum atomic E-state index is -0.421. The number of nitrogens with one attached hydrogen (secondary N) is 1. The first-order chi connectivity index (χ1) is 6.20. The van der Waals surface area contributed by atoms with Gasteiger partial charge in [0, 0.05) is 12.1 Å². The van der Waals surface area contributed by atoms with Crippen LogP contribution in [-0.4, -0.2) is 14.2 Å². The lowest BCUT2D eigenvalue weighted by Gasteiger charge is -2.07. The van der Waals surface area contributed by atoms with Gasteiger partial charge in [-0.2, -0.15) is 0 Å². The van der Waals surface area contributed by atoms with Crippen molar-refractivity contribution in [1.82, 2.24) is 5.32 Å². The second-order valence-electron chi connectivity index (χ2n) is 2.59. The van der Waals surface area contributed by atoms with Crippen LogP contribution in [0.5, 0.6) is 5.75 Å². The molecule has 0 aliphatic carbocycles. The fraction of sp³-hybridized carbons (Fsp3) is 0.333. The standard InChI is InChI=1S/C9H11ClFNO/c1-12-5-6-3-4-7(13-2)8(10)9(6)11/h3-4,12H,5H2,1-2H3. The Hall–Kier alpha value is -0.800. The Labute approximate surface area is 81.7 Å². The lowest BCUT2D eigenvalue weighted by atomic mass is 10.2. The van der Waals surface area contributed by atoms with Gasteiger partial charge in [-0.05, 0) is 13.1 Å². The van der Waals surface area contributed by atoms with Gasteiger partial charge >= 0.3 is 0 Å². The quantitative estimate of drug-likeness (QED) is 0.814. The van der Waals surface area contributed by atoms with Crippen LogP contribution in [0.25, 0.3) is 0 Å². The third kappa shape index (κ3) is 2.11. The van der Waals surface area contributed by atoms with Crippen molar-refractivity contribution in [2.45, 2.75) is 6.54 Å². The molecule has 0 saturated carbocycles. The summed E-state index contributed by atoms with van der Waals surface area (Å²) in [7, 11) is 3.20. The Balaban J connectivity index is 3.07. The summed E-state index contributed by atoms with van der Waals surface area (Å²) in [4.78, 5) is 0. The van der Waals surface area contributed by atoms with Gasteiger partial charge in [-0.15, -0.1) is 0 Å². The monoisotopic (exact) mass is 203 g/mol. The zero-order valence-corrected chi connectivity index (χ0v) is 8.28. The largest absolute Gasteiger partial charge is 0.495 e. The van der Waals surface area contributed by atoms with Crippen LogP contribution in [-0.2, 0) is 6.54 Å². The number of hydrogen-bond acceptors (Lipinski definition) is 2. The molecule has 0 unspecified atom stereocenters. The van der Waals surface area contributed by atoms with E-state index in [-0.39, 0.29) is 5.02 Å². The Bertz CT molecular complexity index is 304. The van der Waals surface area contributed by atoms with E-state index < -0.39 is 5.82 Å². The molecule has 0 fully saturated rings. The lowest BCUT2D eigenvalue weighted by Crippen LogP contribution is -2.07. The van der Waals surface area contributed by atoms with Gasteiger partial charge in [0.15, 0.2) is 0 Å². The first-order valence-corrected chi connectivity index (χ1v) is 4.24. The molecule has 0 saturated heterocycles. The van der Waals surface area contributed by atoms with Crippen LogP contribution in [0, 0.1) is 5.82 Å². The number of rotatable bonds is 3. The van der Waals surface area contributed by atoms with E-state index in [1.165, 1.54) is 7.11 Å². The molecule has 2 nitrogen and oxygen atoms in total. The molecule has 1 aromatic carbocycles. The molecule has 0 amide bonds. The normalized spacial score (nSPS) is 10.2. The Morgan fingerprint density at radius 1 is 1.54 bits per heavy atom. The third-order valence-electron chi connectivity index (χ3n) is 1.71. The van der Waals surface area contributed by atoms with Crippen molar-refractivity contribution in [3.05, 3.63) is 28.5 Å². The molecule has 0 aliphatic heterocycles. The first kappa shape index (κ1) is 10.3. The van der Waals surface area contributed by atoms with Gasteiger partial charge in [-0.3, -0.25) is 0 Å². The molecule has 0 aromatic heterocycles. The second kappa shape index (κ2) is 4.44. The Kier molecular flexibility index (Phi) is 3.51. The first-order valence-electron chi connectivity index (χ1n) is 3.86. The molecule has 0 heterocycles. The molecule has 0 bridgehead atoms. The average molecular weight is 204 g/mol. The van der Waals surface area contributed by atoms with Crippen molar-refractivity contribution in [2.24, 2.45) is 0 Å². The molecule has 1 N–H and O–H groups in total. The molecule has 13 heavy (non-hydrogen) atoms. The maximum Gasteiger partial charge on any atom is 0.150 e. The molecule has 4 heteroatoms. The zero-order chi connectivity index (χ0) is 9.84. The van der Waals surface area contributed by atoms with Gasteiger partial charge in [-0.25, -0.2) is 4.39 Å². The molecule has 1 aromatic rings. The van der Waals surface area contributed by atoms with Gasteiger partial charge in [0.1, 0.15) is 16.6 Å². The predicted octanol–water partition coefficient (Wildman–Crippen LogP) is 2.21. The second-order valence-corrected chi connectivity index (χ2v) is 2.96. The molecular formula is C9H11ClFNO. The van der Waals surface area contributed by atoms with E-state index in [0.717, 1.165) is 0 Å². The van der Waals surface area contributed by atoms with E-state index in [1.807, 2.05) is 0 Å². The van der Waals surface area contributed by atoms with Crippen molar-refractivity contribution < 1.29 is 9.13 Å². The summed E-state index contributed by atoms with van der Waals surface area (Å²) in [6, 6.07) is 3.30. The molecule has 0 radical (unpaired) electrons. The molecule has 72 valence electrons. The highest BCUT2D eigenvalue weighted by molar-refractivity contribution is 6.32. The van der Waals surface area contributed by atoms with Crippen molar-refractivity contribution >= 4 is 11.6 Å². The van der Waals surface area contributed by atoms with Crippen molar-refractivity contribution in [3.8, 4) is 5.75 Å². The number of ether oxygens (including phenoxy) is 1. The summed E-state index contributed by atoms with van der Waals surface area (Å²) in [5.74, 6) is -0.0608. The smallest absolute Gasteiger partial charge is 0.150 e. The number of methoxy groups -OCH3 is 1. The predicted molar refractivity (Wildman–Crippen MR) is 50.7 cm³/mol. The third-order valence-corrected chi connectivity index (χ3v) is 2.07. The average Bonchev–Trinajstić information content (AvgIpc) is 2.14. The molecular weight excluding hydrogens is 193 g/mol. The summed E-state index contributed by atoms with van der Waals surface area (Å²) in [6.45, 7) is 0.454. The lowest BCUT2D eigenvalue weighted by molar-refractivity contribution is 0.411. The van der Waals surface area contributed by atoms with Crippen LogP contribution in [0.2, 0.25) is 5.02 Å². The van der Waals surface area contributed by atoms with Crippen LogP contribution in [0.15, 0.2) is 12.1 Å². The topological polar surface area (TPSA) is 21.3 Å². The SMILES string of the molecule is CNCc1ccc(OC)c(Cl)c1F. The summed E-state index contributed by atoms with van der Waals surface area (Å²) >= 11 is 5.71. The van der Waals surface area contributed by atoms with Crippen LogP contribution >= 0.6 is 11.6 Å². The van der Waals surface area contributed by atoms with Crippen molar-refractivity contribution in [1.29, 1.82) is 0 Å². The van der Waals surface area contributed by atoms with E-state index in [1.54, 1.807) is 19.2 Å². The van der Waals surface area contributed by atoms with E-state index in [4.69, 9.17) is 16.3 Å². The van der Waals surface area contributed by atoms with Crippen molar-refractivity contribution in [2.75, 3.05) is 14.2 Å². The van der Waals surface area contributed by atoms with Gasteiger partial charge in [0.25, 0.3) is 0 Å². The zero-order valence-electron chi connectivity index (χ0n) is 7.53. The molecule has 0 spiro atoms. The minimum absolute atomic E-state index is 0.0373. The van der Waals surface area contributed by atoms with Gasteiger partial charge < -0.3 is 10.1 Å². The maximum absolute atomic E-state index is 13.4. The van der Waals surface area contributed by atoms with Crippen LogP contribution in [0.1, 0.15) is 5.56 Å². The van der Waals surface area contributed by atoms with E-state index >= 15 is 0 Å². The number of benzene rings is 1. The molecule has 0 aliphatic rings. The van der Waals surface area contributed by atoms with E-state index in [2.05, 4.69) is 5.32 Å². The van der Waals surface area contributed by atoms with Gasteiger partial charge in [-0.1, -0.05) is 17.7 Å². The van der Waals surface area contributed by atoms with Crippen LogP contribution in [0.3, 0.4) is 0 Å². The Morgan fingerprint density at radius 3 is 2.77 bits per heavy atom. The molecule has 1 rings (SSSR count). The van der Waals surface area contributed by atoms with Crippen LogP contribution < -0.4 is 10.1 Å². The highest BCUT2D eigenvalue weighted by Crippen LogP contribution is 2.28. The van der Waals surface area contributed by atoms with E-state index in [9.17, 15) is 4.39 Å². The summed E-state index contributed by atoms with van der Waals surface area (Å²) in [5.41, 5.74) is 0.535.